The minimum atomic E-state index is 0. The van der Waals surface area contributed by atoms with Crippen LogP contribution in [0.25, 0.3) is 0 Å². The lowest BCUT2D eigenvalue weighted by Gasteiger charge is -2.38. The normalized spacial score (nSPS) is 24.3. The first-order chi connectivity index (χ1) is 7.61. The van der Waals surface area contributed by atoms with Crippen molar-refractivity contribution in [2.45, 2.75) is 32.9 Å². The number of aryl methyl sites for hydroxylation is 1. The van der Waals surface area contributed by atoms with E-state index >= 15 is 0 Å². The average molecular weight is 259 g/mol. The minimum Gasteiger partial charge on any atom is -0.459 e. The highest BCUT2D eigenvalue weighted by Gasteiger charge is 2.30. The van der Waals surface area contributed by atoms with Gasteiger partial charge in [0.25, 0.3) is 5.91 Å². The molecule has 0 saturated carbocycles. The van der Waals surface area contributed by atoms with E-state index in [1.165, 1.54) is 0 Å². The van der Waals surface area contributed by atoms with Gasteiger partial charge in [0.1, 0.15) is 0 Å². The smallest absolute Gasteiger partial charge is 0.290 e. The molecule has 17 heavy (non-hydrogen) atoms. The summed E-state index contributed by atoms with van der Waals surface area (Å²) in [4.78, 5) is 14.1. The van der Waals surface area contributed by atoms with E-state index in [0.29, 0.717) is 11.8 Å². The molecule has 0 spiro atoms. The van der Waals surface area contributed by atoms with Crippen LogP contribution >= 0.6 is 12.4 Å². The summed E-state index contributed by atoms with van der Waals surface area (Å²) in [6.45, 7) is 7.64. The molecule has 0 radical (unpaired) electrons. The van der Waals surface area contributed by atoms with Gasteiger partial charge in [0.2, 0.25) is 0 Å². The number of halogens is 1. The van der Waals surface area contributed by atoms with Crippen molar-refractivity contribution in [3.8, 4) is 0 Å². The van der Waals surface area contributed by atoms with E-state index in [4.69, 9.17) is 4.42 Å². The van der Waals surface area contributed by atoms with Crippen molar-refractivity contribution in [3.63, 3.8) is 0 Å². The van der Waals surface area contributed by atoms with Gasteiger partial charge in [-0.2, -0.15) is 0 Å². The van der Waals surface area contributed by atoms with Gasteiger partial charge in [0.15, 0.2) is 5.76 Å². The fourth-order valence-electron chi connectivity index (χ4n) is 2.07. The quantitative estimate of drug-likeness (QED) is 0.836. The van der Waals surface area contributed by atoms with Crippen LogP contribution in [0, 0.1) is 6.92 Å². The second kappa shape index (κ2) is 5.56. The second-order valence-electron chi connectivity index (χ2n) is 4.41. The predicted molar refractivity (Wildman–Crippen MR) is 68.7 cm³/mol. The number of nitrogens with zero attached hydrogens (tertiary/aromatic N) is 1. The first-order valence-corrected chi connectivity index (χ1v) is 5.69. The van der Waals surface area contributed by atoms with Crippen LogP contribution in [0.1, 0.15) is 30.0 Å². The highest BCUT2D eigenvalue weighted by Crippen LogP contribution is 2.16. The highest BCUT2D eigenvalue weighted by atomic mass is 35.5. The number of hydrogen-bond donors (Lipinski definition) is 1. The topological polar surface area (TPSA) is 45.5 Å². The SMILES string of the molecule is Cc1ccoc1C(=O)N1CCNC(C)C1C.Cl. The van der Waals surface area contributed by atoms with Crippen LogP contribution in [0.5, 0.6) is 0 Å². The van der Waals surface area contributed by atoms with Crippen molar-refractivity contribution >= 4 is 18.3 Å². The third-order valence-corrected chi connectivity index (χ3v) is 3.35. The molecule has 1 fully saturated rings. The largest absolute Gasteiger partial charge is 0.459 e. The van der Waals surface area contributed by atoms with Gasteiger partial charge in [0, 0.05) is 30.7 Å². The summed E-state index contributed by atoms with van der Waals surface area (Å²) in [5.41, 5.74) is 0.906. The lowest BCUT2D eigenvalue weighted by molar-refractivity contribution is 0.0569. The second-order valence-corrected chi connectivity index (χ2v) is 4.41. The highest BCUT2D eigenvalue weighted by molar-refractivity contribution is 5.93. The van der Waals surface area contributed by atoms with Crippen molar-refractivity contribution < 1.29 is 9.21 Å². The number of carbonyl (C=O) groups is 1. The van der Waals surface area contributed by atoms with E-state index in [9.17, 15) is 4.79 Å². The van der Waals surface area contributed by atoms with Crippen LogP contribution in [0.15, 0.2) is 16.7 Å². The van der Waals surface area contributed by atoms with E-state index in [2.05, 4.69) is 19.2 Å². The van der Waals surface area contributed by atoms with Gasteiger partial charge < -0.3 is 14.6 Å². The molecule has 1 aliphatic rings. The summed E-state index contributed by atoms with van der Waals surface area (Å²) in [5.74, 6) is 0.476. The van der Waals surface area contributed by atoms with Gasteiger partial charge in [-0.15, -0.1) is 12.4 Å². The number of rotatable bonds is 1. The minimum absolute atomic E-state index is 0. The molecule has 0 aliphatic carbocycles. The fraction of sp³-hybridized carbons (Fsp3) is 0.583. The van der Waals surface area contributed by atoms with Crippen LogP contribution < -0.4 is 5.32 Å². The maximum atomic E-state index is 12.2. The molecule has 1 aliphatic heterocycles. The molecule has 1 aromatic heterocycles. The van der Waals surface area contributed by atoms with Crippen molar-refractivity contribution in [1.29, 1.82) is 0 Å². The van der Waals surface area contributed by atoms with Crippen molar-refractivity contribution in [2.24, 2.45) is 0 Å². The molecule has 1 saturated heterocycles. The lowest BCUT2D eigenvalue weighted by atomic mass is 10.1. The Morgan fingerprint density at radius 1 is 1.53 bits per heavy atom. The van der Waals surface area contributed by atoms with Gasteiger partial charge in [0.05, 0.1) is 6.26 Å². The Kier molecular flexibility index (Phi) is 4.60. The van der Waals surface area contributed by atoms with Crippen molar-refractivity contribution in [3.05, 3.63) is 23.7 Å². The zero-order valence-electron chi connectivity index (χ0n) is 10.4. The Morgan fingerprint density at radius 3 is 2.82 bits per heavy atom. The van der Waals surface area contributed by atoms with Crippen LogP contribution in [0.4, 0.5) is 0 Å². The number of furan rings is 1. The number of piperazine rings is 1. The van der Waals surface area contributed by atoms with Crippen LogP contribution in [0.2, 0.25) is 0 Å². The van der Waals surface area contributed by atoms with Crippen molar-refractivity contribution in [2.75, 3.05) is 13.1 Å². The third-order valence-electron chi connectivity index (χ3n) is 3.35. The van der Waals surface area contributed by atoms with Gasteiger partial charge >= 0.3 is 0 Å². The maximum Gasteiger partial charge on any atom is 0.290 e. The summed E-state index contributed by atoms with van der Waals surface area (Å²) >= 11 is 0. The summed E-state index contributed by atoms with van der Waals surface area (Å²) in [5, 5.41) is 3.35. The van der Waals surface area contributed by atoms with Crippen LogP contribution in [-0.4, -0.2) is 36.0 Å². The van der Waals surface area contributed by atoms with E-state index < -0.39 is 0 Å². The van der Waals surface area contributed by atoms with Crippen molar-refractivity contribution in [1.82, 2.24) is 10.2 Å². The Hall–Kier alpha value is -1.00. The molecule has 2 rings (SSSR count). The molecule has 2 heterocycles. The predicted octanol–water partition coefficient (Wildman–Crippen LogP) is 1.83. The molecule has 5 heteroatoms. The number of amides is 1. The molecule has 1 aromatic rings. The Morgan fingerprint density at radius 2 is 2.24 bits per heavy atom. The van der Waals surface area contributed by atoms with Crippen LogP contribution in [-0.2, 0) is 0 Å². The lowest BCUT2D eigenvalue weighted by Crippen LogP contribution is -2.57. The Balaban J connectivity index is 0.00000144. The van der Waals surface area contributed by atoms with E-state index in [-0.39, 0.29) is 24.4 Å². The molecular weight excluding hydrogens is 240 g/mol. The molecule has 0 bridgehead atoms. The number of nitrogens with one attached hydrogen (secondary N) is 1. The summed E-state index contributed by atoms with van der Waals surface area (Å²) < 4.78 is 5.25. The summed E-state index contributed by atoms with van der Waals surface area (Å²) in [6.07, 6.45) is 1.57. The van der Waals surface area contributed by atoms with Gasteiger partial charge in [-0.25, -0.2) is 0 Å². The molecule has 1 N–H and O–H groups in total. The Labute approximate surface area is 108 Å². The first kappa shape index (κ1) is 14.1. The number of hydrogen-bond acceptors (Lipinski definition) is 3. The molecule has 2 atom stereocenters. The standard InChI is InChI=1S/C12H18N2O2.ClH/c1-8-4-7-16-11(8)12(15)14-6-5-13-9(2)10(14)3;/h4,7,9-10,13H,5-6H2,1-3H3;1H. The first-order valence-electron chi connectivity index (χ1n) is 5.69. The number of carbonyl (C=O) groups excluding carboxylic acids is 1. The van der Waals surface area contributed by atoms with E-state index in [1.807, 2.05) is 17.9 Å². The van der Waals surface area contributed by atoms with Crippen LogP contribution in [0.3, 0.4) is 0 Å². The average Bonchev–Trinajstić information content (AvgIpc) is 2.68. The van der Waals surface area contributed by atoms with E-state index in [1.54, 1.807) is 6.26 Å². The van der Waals surface area contributed by atoms with Gasteiger partial charge in [-0.3, -0.25) is 4.79 Å². The summed E-state index contributed by atoms with van der Waals surface area (Å²) in [6, 6.07) is 2.35. The molecule has 96 valence electrons. The monoisotopic (exact) mass is 258 g/mol. The summed E-state index contributed by atoms with van der Waals surface area (Å²) in [7, 11) is 0. The fourth-order valence-corrected chi connectivity index (χ4v) is 2.07. The molecule has 0 aromatic carbocycles. The van der Waals surface area contributed by atoms with E-state index in [0.717, 1.165) is 18.7 Å². The Bertz CT molecular complexity index is 392. The molecule has 2 unspecified atom stereocenters. The van der Waals surface area contributed by atoms with Gasteiger partial charge in [-0.1, -0.05) is 0 Å². The molecular formula is C12H19ClN2O2. The zero-order chi connectivity index (χ0) is 11.7. The maximum absolute atomic E-state index is 12.2. The zero-order valence-corrected chi connectivity index (χ0v) is 11.2. The molecule has 1 amide bonds. The molecule has 4 nitrogen and oxygen atoms in total. The van der Waals surface area contributed by atoms with Gasteiger partial charge in [-0.05, 0) is 26.8 Å². The third kappa shape index (κ3) is 2.64.